The smallest absolute Gasteiger partial charge is 0.193 e. The number of aliphatic imine (C=N–C) groups is 1. The third kappa shape index (κ3) is 4.32. The van der Waals surface area contributed by atoms with Gasteiger partial charge in [0.25, 0.3) is 0 Å². The van der Waals surface area contributed by atoms with E-state index < -0.39 is 0 Å². The van der Waals surface area contributed by atoms with Gasteiger partial charge in [0.1, 0.15) is 5.75 Å². The van der Waals surface area contributed by atoms with Crippen LogP contribution in [0.4, 0.5) is 5.69 Å². The highest BCUT2D eigenvalue weighted by Gasteiger charge is 2.35. The fraction of sp³-hybridized carbons (Fsp3) is 0.409. The van der Waals surface area contributed by atoms with Gasteiger partial charge < -0.3 is 25.3 Å². The zero-order chi connectivity index (χ0) is 20.0. The lowest BCUT2D eigenvalue weighted by molar-refractivity contribution is 0.355. The lowest BCUT2D eigenvalue weighted by Crippen LogP contribution is -2.30. The second-order valence-electron chi connectivity index (χ2n) is 7.12. The van der Waals surface area contributed by atoms with Gasteiger partial charge in [-0.1, -0.05) is 25.0 Å². The number of rotatable bonds is 7. The van der Waals surface area contributed by atoms with Crippen molar-refractivity contribution in [1.82, 2.24) is 0 Å². The molecule has 0 aliphatic heterocycles. The minimum Gasteiger partial charge on any atom is -0.497 e. The monoisotopic (exact) mass is 383 g/mol. The maximum Gasteiger partial charge on any atom is 0.193 e. The predicted molar refractivity (Wildman–Crippen MR) is 113 cm³/mol. The molecule has 0 saturated heterocycles. The van der Waals surface area contributed by atoms with Crippen LogP contribution >= 0.6 is 0 Å². The quantitative estimate of drug-likeness (QED) is 0.559. The molecule has 3 N–H and O–H groups in total. The van der Waals surface area contributed by atoms with Gasteiger partial charge in [0.15, 0.2) is 17.5 Å². The van der Waals surface area contributed by atoms with Crippen molar-refractivity contribution in [1.29, 1.82) is 0 Å². The Morgan fingerprint density at radius 1 is 1.00 bits per heavy atom. The highest BCUT2D eigenvalue weighted by Crippen LogP contribution is 2.42. The summed E-state index contributed by atoms with van der Waals surface area (Å²) in [6, 6.07) is 13.9. The van der Waals surface area contributed by atoms with Crippen molar-refractivity contribution >= 4 is 11.6 Å². The number of guanidine groups is 1. The van der Waals surface area contributed by atoms with Gasteiger partial charge in [-0.05, 0) is 42.7 Å². The number of hydrogen-bond acceptors (Lipinski definition) is 4. The Morgan fingerprint density at radius 2 is 1.75 bits per heavy atom. The van der Waals surface area contributed by atoms with Gasteiger partial charge in [-0.3, -0.25) is 4.99 Å². The normalized spacial score (nSPS) is 15.9. The second kappa shape index (κ2) is 8.87. The third-order valence-electron chi connectivity index (χ3n) is 5.45. The zero-order valence-electron chi connectivity index (χ0n) is 16.8. The molecule has 1 aliphatic carbocycles. The van der Waals surface area contributed by atoms with Crippen molar-refractivity contribution < 1.29 is 14.2 Å². The number of anilines is 1. The number of nitrogens with two attached hydrogens (primary N) is 1. The Balaban J connectivity index is 1.76. The average Bonchev–Trinajstić information content (AvgIpc) is 3.22. The molecule has 0 radical (unpaired) electrons. The molecule has 1 aliphatic rings. The molecular weight excluding hydrogens is 354 g/mol. The van der Waals surface area contributed by atoms with Crippen molar-refractivity contribution in [3.63, 3.8) is 0 Å². The third-order valence-corrected chi connectivity index (χ3v) is 5.45. The van der Waals surface area contributed by atoms with Crippen LogP contribution in [0.15, 0.2) is 47.5 Å². The first kappa shape index (κ1) is 19.9. The summed E-state index contributed by atoms with van der Waals surface area (Å²) in [5.74, 6) is 2.58. The van der Waals surface area contributed by atoms with E-state index >= 15 is 0 Å². The summed E-state index contributed by atoms with van der Waals surface area (Å²) in [5, 5.41) is 3.15. The average molecular weight is 383 g/mol. The van der Waals surface area contributed by atoms with E-state index in [1.165, 1.54) is 18.4 Å². The van der Waals surface area contributed by atoms with Crippen LogP contribution in [0, 0.1) is 0 Å². The molecular formula is C22H29N3O3. The minimum absolute atomic E-state index is 0.0123. The Bertz CT molecular complexity index is 830. The molecule has 0 amide bonds. The molecule has 0 atom stereocenters. The van der Waals surface area contributed by atoms with Gasteiger partial charge in [0.2, 0.25) is 0 Å². The van der Waals surface area contributed by atoms with E-state index in [0.29, 0.717) is 24.0 Å². The summed E-state index contributed by atoms with van der Waals surface area (Å²) in [7, 11) is 4.92. The molecule has 0 aromatic heterocycles. The first-order valence-corrected chi connectivity index (χ1v) is 9.54. The van der Waals surface area contributed by atoms with E-state index in [1.54, 1.807) is 21.3 Å². The summed E-state index contributed by atoms with van der Waals surface area (Å²) in [4.78, 5) is 4.67. The molecule has 3 rings (SSSR count). The van der Waals surface area contributed by atoms with Crippen LogP contribution in [0.3, 0.4) is 0 Å². The fourth-order valence-corrected chi connectivity index (χ4v) is 3.88. The van der Waals surface area contributed by atoms with Crippen LogP contribution in [0.1, 0.15) is 31.2 Å². The highest BCUT2D eigenvalue weighted by molar-refractivity contribution is 5.92. The van der Waals surface area contributed by atoms with Gasteiger partial charge in [-0.2, -0.15) is 0 Å². The minimum atomic E-state index is 0.0123. The number of hydrogen-bond donors (Lipinski definition) is 2. The Hall–Kier alpha value is -2.89. The number of methoxy groups -OCH3 is 3. The molecule has 0 spiro atoms. The standard InChI is InChI=1S/C22H29N3O3/c1-26-18-8-6-7-16(13-18)22(11-4-5-12-22)15-24-21(23)25-17-9-10-19(27-2)20(14-17)28-3/h6-10,13-14H,4-5,11-12,15H2,1-3H3,(H3,23,24,25). The summed E-state index contributed by atoms with van der Waals surface area (Å²) < 4.78 is 16.0. The first-order chi connectivity index (χ1) is 13.6. The van der Waals surface area contributed by atoms with E-state index in [0.717, 1.165) is 24.3 Å². The maximum atomic E-state index is 6.18. The van der Waals surface area contributed by atoms with Gasteiger partial charge in [0, 0.05) is 17.2 Å². The molecule has 1 fully saturated rings. The summed E-state index contributed by atoms with van der Waals surface area (Å²) in [6.45, 7) is 0.645. The van der Waals surface area contributed by atoms with Crippen LogP contribution in [0.25, 0.3) is 0 Å². The first-order valence-electron chi connectivity index (χ1n) is 9.54. The molecule has 6 heteroatoms. The molecule has 2 aromatic rings. The molecule has 150 valence electrons. The number of benzene rings is 2. The van der Waals surface area contributed by atoms with Gasteiger partial charge in [-0.15, -0.1) is 0 Å². The van der Waals surface area contributed by atoms with E-state index in [1.807, 2.05) is 30.3 Å². The molecule has 28 heavy (non-hydrogen) atoms. The zero-order valence-corrected chi connectivity index (χ0v) is 16.8. The molecule has 2 aromatic carbocycles. The second-order valence-corrected chi connectivity index (χ2v) is 7.12. The maximum absolute atomic E-state index is 6.18. The molecule has 0 bridgehead atoms. The summed E-state index contributed by atoms with van der Waals surface area (Å²) >= 11 is 0. The van der Waals surface area contributed by atoms with Crippen molar-refractivity contribution in [2.75, 3.05) is 33.2 Å². The van der Waals surface area contributed by atoms with Crippen LogP contribution in [-0.2, 0) is 5.41 Å². The Kier molecular flexibility index (Phi) is 6.29. The Morgan fingerprint density at radius 3 is 2.43 bits per heavy atom. The highest BCUT2D eigenvalue weighted by atomic mass is 16.5. The van der Waals surface area contributed by atoms with E-state index in [4.69, 9.17) is 19.9 Å². The van der Waals surface area contributed by atoms with Crippen molar-refractivity contribution in [2.45, 2.75) is 31.1 Å². The lowest BCUT2D eigenvalue weighted by Gasteiger charge is -2.28. The van der Waals surface area contributed by atoms with Crippen molar-refractivity contribution in [2.24, 2.45) is 10.7 Å². The number of ether oxygens (including phenoxy) is 3. The molecule has 6 nitrogen and oxygen atoms in total. The largest absolute Gasteiger partial charge is 0.497 e. The summed E-state index contributed by atoms with van der Waals surface area (Å²) in [6.07, 6.45) is 4.62. The molecule has 1 saturated carbocycles. The van der Waals surface area contributed by atoms with Crippen LogP contribution in [0.2, 0.25) is 0 Å². The van der Waals surface area contributed by atoms with Crippen LogP contribution in [-0.4, -0.2) is 33.8 Å². The van der Waals surface area contributed by atoms with Gasteiger partial charge >= 0.3 is 0 Å². The number of nitrogens with one attached hydrogen (secondary N) is 1. The summed E-state index contributed by atoms with van der Waals surface area (Å²) in [5.41, 5.74) is 8.27. The molecule has 0 unspecified atom stereocenters. The van der Waals surface area contributed by atoms with Gasteiger partial charge in [0.05, 0.1) is 27.9 Å². The van der Waals surface area contributed by atoms with Crippen molar-refractivity contribution in [3.8, 4) is 17.2 Å². The van der Waals surface area contributed by atoms with Crippen LogP contribution in [0.5, 0.6) is 17.2 Å². The molecule has 0 heterocycles. The van der Waals surface area contributed by atoms with Gasteiger partial charge in [-0.25, -0.2) is 0 Å². The lowest BCUT2D eigenvalue weighted by atomic mass is 9.79. The fourth-order valence-electron chi connectivity index (χ4n) is 3.88. The van der Waals surface area contributed by atoms with E-state index in [2.05, 4.69) is 22.4 Å². The number of nitrogens with zero attached hydrogens (tertiary/aromatic N) is 1. The van der Waals surface area contributed by atoms with Crippen molar-refractivity contribution in [3.05, 3.63) is 48.0 Å². The van der Waals surface area contributed by atoms with Crippen LogP contribution < -0.4 is 25.3 Å². The SMILES string of the molecule is COc1cccc(C2(CN=C(N)Nc3ccc(OC)c(OC)c3)CCCC2)c1. The van der Waals surface area contributed by atoms with E-state index in [-0.39, 0.29) is 5.41 Å². The Labute approximate surface area is 166 Å². The topological polar surface area (TPSA) is 78.1 Å². The van der Waals surface area contributed by atoms with E-state index in [9.17, 15) is 0 Å². The predicted octanol–water partition coefficient (Wildman–Crippen LogP) is 3.95.